The third kappa shape index (κ3) is 2.95. The molecule has 0 aliphatic rings. The maximum atomic E-state index is 5.82. The molecule has 0 fully saturated rings. The molecule has 1 heterocycles. The van der Waals surface area contributed by atoms with E-state index in [0.29, 0.717) is 18.2 Å². The second kappa shape index (κ2) is 6.63. The fourth-order valence-corrected chi connectivity index (χ4v) is 1.95. The number of hydrogen-bond donors (Lipinski definition) is 2. The molecule has 0 radical (unpaired) electrons. The number of nitrogens with zero attached hydrogens (tertiary/aromatic N) is 2. The first-order chi connectivity index (χ1) is 8.62. The topological polar surface area (TPSA) is 82.3 Å². The molecule has 1 aromatic rings. The number of ether oxygens (including phenoxy) is 2. The predicted molar refractivity (Wildman–Crippen MR) is 69.0 cm³/mol. The van der Waals surface area contributed by atoms with E-state index in [1.807, 2.05) is 20.8 Å². The monoisotopic (exact) mass is 254 g/mol. The lowest BCUT2D eigenvalue weighted by atomic mass is 9.91. The molecule has 0 spiro atoms. The van der Waals surface area contributed by atoms with E-state index < -0.39 is 5.60 Å². The summed E-state index contributed by atoms with van der Waals surface area (Å²) in [7, 11) is 1.56. The second-order valence-corrected chi connectivity index (χ2v) is 4.15. The summed E-state index contributed by atoms with van der Waals surface area (Å²) in [6.45, 7) is 6.60. The van der Waals surface area contributed by atoms with E-state index in [1.54, 1.807) is 19.5 Å². The van der Waals surface area contributed by atoms with Gasteiger partial charge in [0, 0.05) is 19.0 Å². The van der Waals surface area contributed by atoms with Crippen LogP contribution >= 0.6 is 0 Å². The van der Waals surface area contributed by atoms with Gasteiger partial charge in [-0.3, -0.25) is 10.8 Å². The van der Waals surface area contributed by atoms with E-state index in [2.05, 4.69) is 15.4 Å². The summed E-state index contributed by atoms with van der Waals surface area (Å²) >= 11 is 0. The van der Waals surface area contributed by atoms with Crippen LogP contribution in [0, 0.1) is 0 Å². The largest absolute Gasteiger partial charge is 0.480 e. The first-order valence-corrected chi connectivity index (χ1v) is 6.07. The Morgan fingerprint density at radius 1 is 1.39 bits per heavy atom. The molecule has 2 unspecified atom stereocenters. The molecule has 0 saturated carbocycles. The van der Waals surface area contributed by atoms with Crippen molar-refractivity contribution in [2.24, 2.45) is 5.84 Å². The molecule has 6 heteroatoms. The first-order valence-electron chi connectivity index (χ1n) is 6.07. The zero-order valence-corrected chi connectivity index (χ0v) is 11.4. The van der Waals surface area contributed by atoms with Crippen LogP contribution in [-0.4, -0.2) is 29.3 Å². The average Bonchev–Trinajstić information content (AvgIpc) is 2.40. The lowest BCUT2D eigenvalue weighted by molar-refractivity contribution is -0.0579. The smallest absolute Gasteiger partial charge is 0.237 e. The Kier molecular flexibility index (Phi) is 5.46. The minimum atomic E-state index is -0.465. The normalized spacial score (nSPS) is 16.1. The van der Waals surface area contributed by atoms with Crippen LogP contribution in [-0.2, 0) is 4.74 Å². The zero-order chi connectivity index (χ0) is 13.6. The van der Waals surface area contributed by atoms with Gasteiger partial charge < -0.3 is 9.47 Å². The predicted octanol–water partition coefficient (Wildman–Crippen LogP) is 1.19. The van der Waals surface area contributed by atoms with Crippen LogP contribution in [0.4, 0.5) is 0 Å². The van der Waals surface area contributed by atoms with Crippen LogP contribution in [0.5, 0.6) is 5.88 Å². The van der Waals surface area contributed by atoms with Gasteiger partial charge in [0.05, 0.1) is 18.8 Å². The third-order valence-corrected chi connectivity index (χ3v) is 3.11. The Balaban J connectivity index is 3.15. The van der Waals surface area contributed by atoms with Crippen molar-refractivity contribution in [3.05, 3.63) is 18.1 Å². The fourth-order valence-electron chi connectivity index (χ4n) is 1.95. The molecular weight excluding hydrogens is 232 g/mol. The number of methoxy groups -OCH3 is 1. The van der Waals surface area contributed by atoms with E-state index in [-0.39, 0.29) is 6.04 Å². The number of hydrogen-bond acceptors (Lipinski definition) is 6. The summed E-state index contributed by atoms with van der Waals surface area (Å²) in [6.07, 6.45) is 3.99. The Hall–Kier alpha value is -1.24. The number of hydrazine groups is 1. The van der Waals surface area contributed by atoms with Crippen molar-refractivity contribution in [1.29, 1.82) is 0 Å². The van der Waals surface area contributed by atoms with Crippen molar-refractivity contribution in [2.75, 3.05) is 13.7 Å². The lowest BCUT2D eigenvalue weighted by Gasteiger charge is -2.36. The second-order valence-electron chi connectivity index (χ2n) is 4.15. The first kappa shape index (κ1) is 14.8. The van der Waals surface area contributed by atoms with Crippen molar-refractivity contribution in [3.8, 4) is 5.88 Å². The van der Waals surface area contributed by atoms with Gasteiger partial charge in [-0.15, -0.1) is 0 Å². The lowest BCUT2D eigenvalue weighted by Crippen LogP contribution is -2.46. The third-order valence-electron chi connectivity index (χ3n) is 3.11. The molecule has 18 heavy (non-hydrogen) atoms. The summed E-state index contributed by atoms with van der Waals surface area (Å²) in [5.74, 6) is 6.13. The number of aromatic nitrogens is 2. The molecule has 6 nitrogen and oxygen atoms in total. The molecule has 0 bridgehead atoms. The van der Waals surface area contributed by atoms with Crippen LogP contribution in [0.1, 0.15) is 38.9 Å². The van der Waals surface area contributed by atoms with Gasteiger partial charge in [-0.2, -0.15) is 0 Å². The average molecular weight is 254 g/mol. The molecule has 2 atom stereocenters. The van der Waals surface area contributed by atoms with E-state index >= 15 is 0 Å². The highest BCUT2D eigenvalue weighted by molar-refractivity contribution is 5.24. The van der Waals surface area contributed by atoms with E-state index in [9.17, 15) is 0 Å². The van der Waals surface area contributed by atoms with Gasteiger partial charge >= 0.3 is 0 Å². The molecule has 1 aromatic heterocycles. The van der Waals surface area contributed by atoms with Gasteiger partial charge in [-0.05, 0) is 20.3 Å². The van der Waals surface area contributed by atoms with Gasteiger partial charge in [0.1, 0.15) is 5.69 Å². The van der Waals surface area contributed by atoms with Crippen LogP contribution in [0.25, 0.3) is 0 Å². The van der Waals surface area contributed by atoms with Gasteiger partial charge in [-0.1, -0.05) is 6.92 Å². The standard InChI is InChI=1S/C12H22N4O2/c1-5-12(3,18-6-2)10(16-13)9-11(17-4)15-8-7-14-9/h7-8,10,16H,5-6,13H2,1-4H3. The summed E-state index contributed by atoms with van der Waals surface area (Å²) in [4.78, 5) is 8.45. The van der Waals surface area contributed by atoms with Crippen LogP contribution in [0.2, 0.25) is 0 Å². The van der Waals surface area contributed by atoms with Crippen molar-refractivity contribution in [1.82, 2.24) is 15.4 Å². The van der Waals surface area contributed by atoms with Crippen LogP contribution < -0.4 is 16.0 Å². The molecule has 0 aliphatic carbocycles. The van der Waals surface area contributed by atoms with Gasteiger partial charge in [-0.25, -0.2) is 10.4 Å². The van der Waals surface area contributed by atoms with Crippen molar-refractivity contribution in [3.63, 3.8) is 0 Å². The number of nitrogens with two attached hydrogens (primary N) is 1. The van der Waals surface area contributed by atoms with E-state index in [0.717, 1.165) is 6.42 Å². The molecule has 102 valence electrons. The molecule has 1 rings (SSSR count). The Morgan fingerprint density at radius 3 is 2.56 bits per heavy atom. The highest BCUT2D eigenvalue weighted by Crippen LogP contribution is 2.33. The Bertz CT molecular complexity index is 375. The maximum absolute atomic E-state index is 5.82. The minimum Gasteiger partial charge on any atom is -0.480 e. The summed E-state index contributed by atoms with van der Waals surface area (Å²) < 4.78 is 11.0. The minimum absolute atomic E-state index is 0.286. The number of nitrogens with one attached hydrogen (secondary N) is 1. The highest BCUT2D eigenvalue weighted by atomic mass is 16.5. The van der Waals surface area contributed by atoms with E-state index in [1.165, 1.54) is 0 Å². The van der Waals surface area contributed by atoms with Crippen molar-refractivity contribution in [2.45, 2.75) is 38.8 Å². The summed E-state index contributed by atoms with van der Waals surface area (Å²) in [5, 5.41) is 0. The fraction of sp³-hybridized carbons (Fsp3) is 0.667. The van der Waals surface area contributed by atoms with Crippen molar-refractivity contribution < 1.29 is 9.47 Å². The van der Waals surface area contributed by atoms with Gasteiger partial charge in [0.15, 0.2) is 0 Å². The quantitative estimate of drug-likeness (QED) is 0.562. The zero-order valence-electron chi connectivity index (χ0n) is 11.4. The van der Waals surface area contributed by atoms with Crippen molar-refractivity contribution >= 4 is 0 Å². The van der Waals surface area contributed by atoms with E-state index in [4.69, 9.17) is 15.3 Å². The van der Waals surface area contributed by atoms with Crippen LogP contribution in [0.3, 0.4) is 0 Å². The van der Waals surface area contributed by atoms with Gasteiger partial charge in [0.25, 0.3) is 0 Å². The number of rotatable bonds is 7. The SMILES string of the molecule is CCOC(C)(CC)C(NN)c1nccnc1OC. The van der Waals surface area contributed by atoms with Gasteiger partial charge in [0.2, 0.25) is 5.88 Å². The molecule has 0 aliphatic heterocycles. The molecule has 3 N–H and O–H groups in total. The Labute approximate surface area is 108 Å². The summed E-state index contributed by atoms with van der Waals surface area (Å²) in [6, 6.07) is -0.286. The Morgan fingerprint density at radius 2 is 2.06 bits per heavy atom. The molecule has 0 aromatic carbocycles. The highest BCUT2D eigenvalue weighted by Gasteiger charge is 2.37. The molecule has 0 amide bonds. The maximum Gasteiger partial charge on any atom is 0.237 e. The molecular formula is C12H22N4O2. The summed E-state index contributed by atoms with van der Waals surface area (Å²) in [5.41, 5.74) is 2.95. The molecule has 0 saturated heterocycles. The van der Waals surface area contributed by atoms with Crippen LogP contribution in [0.15, 0.2) is 12.4 Å².